The van der Waals surface area contributed by atoms with E-state index in [4.69, 9.17) is 28.8 Å². The Hall–Kier alpha value is -13.8. The fourth-order valence-electron chi connectivity index (χ4n) is 16.5. The largest absolute Gasteiger partial charge is 0.436 e. The van der Waals surface area contributed by atoms with Crippen LogP contribution in [0.1, 0.15) is 44.5 Å². The van der Waals surface area contributed by atoms with Crippen molar-refractivity contribution >= 4 is 67.4 Å². The second-order valence-electron chi connectivity index (χ2n) is 26.8. The lowest BCUT2D eigenvalue weighted by molar-refractivity contribution is 0.619. The summed E-state index contributed by atoms with van der Waals surface area (Å²) in [6.07, 6.45) is 0. The second-order valence-corrected chi connectivity index (χ2v) is 26.8. The standard InChI is InChI=1S/C96H62N6O2/c1-5-23-67(24-6-1)95(68-25-7-2-8-26-68)81-33-15-13-31-77(81)79-59-57-75(61-83(79)95)101(73-53-45-65(46-54-73)93-99-87-37-19-21-39-89(87)103-93)71-49-41-63(42-50-71)91-92(98-86-36-18-17-35-85(86)97-91)64-43-51-72(52-44-64)102(74-55-47-66(48-56-74)94-100-88-38-20-22-40-90(88)104-94)76-58-60-80-78-32-14-16-34-82(78)96(84(80)62-76,69-27-9-3-10-28-69)70-29-11-4-12-30-70/h1-62H. The molecule has 104 heavy (non-hydrogen) atoms. The number of oxazole rings is 2. The summed E-state index contributed by atoms with van der Waals surface area (Å²) >= 11 is 0. The van der Waals surface area contributed by atoms with Crippen molar-refractivity contribution < 1.29 is 8.83 Å². The zero-order chi connectivity index (χ0) is 68.7. The summed E-state index contributed by atoms with van der Waals surface area (Å²) in [4.78, 5) is 25.5. The molecule has 0 bridgehead atoms. The van der Waals surface area contributed by atoms with Gasteiger partial charge in [-0.1, -0.05) is 243 Å². The molecule has 0 spiro atoms. The summed E-state index contributed by atoms with van der Waals surface area (Å²) in [7, 11) is 0. The molecule has 3 aromatic heterocycles. The van der Waals surface area contributed by atoms with Crippen molar-refractivity contribution in [3.05, 3.63) is 421 Å². The van der Waals surface area contributed by atoms with Crippen LogP contribution in [0, 0.1) is 0 Å². The molecule has 8 heteroatoms. The van der Waals surface area contributed by atoms with Gasteiger partial charge in [-0.2, -0.15) is 0 Å². The minimum Gasteiger partial charge on any atom is -0.436 e. The number of anilines is 6. The highest BCUT2D eigenvalue weighted by Crippen LogP contribution is 2.59. The first-order chi connectivity index (χ1) is 51.5. The van der Waals surface area contributed by atoms with Crippen LogP contribution in [0.2, 0.25) is 0 Å². The van der Waals surface area contributed by atoms with Gasteiger partial charge in [0.25, 0.3) is 0 Å². The molecule has 2 aliphatic rings. The van der Waals surface area contributed by atoms with Gasteiger partial charge in [0.15, 0.2) is 11.2 Å². The van der Waals surface area contributed by atoms with E-state index in [1.807, 2.05) is 72.8 Å². The maximum Gasteiger partial charge on any atom is 0.227 e. The highest BCUT2D eigenvalue weighted by Gasteiger charge is 2.48. The summed E-state index contributed by atoms with van der Waals surface area (Å²) in [5.74, 6) is 1.14. The van der Waals surface area contributed by atoms with Crippen molar-refractivity contribution in [3.8, 4) is 67.7 Å². The van der Waals surface area contributed by atoms with Gasteiger partial charge in [0.2, 0.25) is 11.8 Å². The van der Waals surface area contributed by atoms with Gasteiger partial charge >= 0.3 is 0 Å². The van der Waals surface area contributed by atoms with Crippen LogP contribution in [0.25, 0.3) is 101 Å². The molecule has 0 amide bonds. The number of nitrogens with zero attached hydrogens (tertiary/aromatic N) is 6. The van der Waals surface area contributed by atoms with E-state index >= 15 is 0 Å². The Morgan fingerprint density at radius 1 is 0.212 bits per heavy atom. The Bertz CT molecular complexity index is 5750. The molecular formula is C96H62N6O2. The number of fused-ring (bicyclic) bond motifs is 9. The maximum atomic E-state index is 6.32. The third-order valence-corrected chi connectivity index (χ3v) is 21.1. The van der Waals surface area contributed by atoms with Crippen molar-refractivity contribution in [1.82, 2.24) is 19.9 Å². The van der Waals surface area contributed by atoms with Crippen LogP contribution in [-0.4, -0.2) is 19.9 Å². The molecule has 15 aromatic carbocycles. The van der Waals surface area contributed by atoms with Crippen molar-refractivity contribution in [2.45, 2.75) is 10.8 Å². The van der Waals surface area contributed by atoms with Crippen LogP contribution in [0.5, 0.6) is 0 Å². The SMILES string of the molecule is c1ccc(C2(c3ccccc3)c3ccccc3-c3ccc(N(c4ccc(-c5nc6ccccc6o5)cc4)c4ccc(-c5nc6ccccc6nc5-c5ccc(N(c6ccc(-c7nc8ccccc8o7)cc6)c6ccc7c(c6)C(c6ccccc6)(c6ccccc6)c6ccccc6-7)cc5)cc4)cc32)cc1. The summed E-state index contributed by atoms with van der Waals surface area (Å²) in [5.41, 5.74) is 29.2. The Balaban J connectivity index is 0.715. The first-order valence-electron chi connectivity index (χ1n) is 35.2. The average Bonchev–Trinajstić information content (AvgIpc) is 1.50. The molecular weight excluding hydrogens is 1270 g/mol. The molecule has 0 N–H and O–H groups in total. The van der Waals surface area contributed by atoms with E-state index in [0.29, 0.717) is 11.8 Å². The predicted octanol–water partition coefficient (Wildman–Crippen LogP) is 24.2. The zero-order valence-electron chi connectivity index (χ0n) is 56.3. The molecule has 0 aliphatic heterocycles. The molecule has 0 atom stereocenters. The van der Waals surface area contributed by atoms with Crippen molar-refractivity contribution in [3.63, 3.8) is 0 Å². The van der Waals surface area contributed by atoms with Crippen molar-refractivity contribution in [2.24, 2.45) is 0 Å². The Labute approximate surface area is 601 Å². The minimum absolute atomic E-state index is 0.571. The smallest absolute Gasteiger partial charge is 0.227 e. The normalized spacial score (nSPS) is 13.0. The maximum absolute atomic E-state index is 6.32. The Kier molecular flexibility index (Phi) is 14.2. The van der Waals surface area contributed by atoms with Gasteiger partial charge in [0.05, 0.1) is 33.3 Å². The molecule has 0 saturated heterocycles. The van der Waals surface area contributed by atoms with Crippen molar-refractivity contribution in [1.29, 1.82) is 0 Å². The average molecular weight is 1330 g/mol. The molecule has 3 heterocycles. The summed E-state index contributed by atoms with van der Waals surface area (Å²) < 4.78 is 12.6. The molecule has 0 unspecified atom stereocenters. The van der Waals surface area contributed by atoms with Gasteiger partial charge in [-0.05, 0) is 200 Å². The van der Waals surface area contributed by atoms with E-state index < -0.39 is 10.8 Å². The number of aromatic nitrogens is 4. The molecule has 0 radical (unpaired) electrons. The van der Waals surface area contributed by atoms with Gasteiger partial charge in [0.1, 0.15) is 11.0 Å². The van der Waals surface area contributed by atoms with Gasteiger partial charge < -0.3 is 18.6 Å². The van der Waals surface area contributed by atoms with Gasteiger partial charge in [-0.15, -0.1) is 0 Å². The summed E-state index contributed by atoms with van der Waals surface area (Å²) in [6.45, 7) is 0. The Morgan fingerprint density at radius 3 is 0.837 bits per heavy atom. The zero-order valence-corrected chi connectivity index (χ0v) is 56.3. The van der Waals surface area contributed by atoms with E-state index in [0.717, 1.165) is 101 Å². The lowest BCUT2D eigenvalue weighted by atomic mass is 9.67. The molecule has 18 aromatic rings. The minimum atomic E-state index is -0.605. The fourth-order valence-corrected chi connectivity index (χ4v) is 16.5. The summed E-state index contributed by atoms with van der Waals surface area (Å²) in [6, 6.07) is 134. The van der Waals surface area contributed by atoms with Crippen LogP contribution in [0.15, 0.2) is 385 Å². The van der Waals surface area contributed by atoms with Crippen LogP contribution in [0.3, 0.4) is 0 Å². The van der Waals surface area contributed by atoms with Gasteiger partial charge in [-0.3, -0.25) is 0 Å². The highest BCUT2D eigenvalue weighted by molar-refractivity contribution is 5.94. The third-order valence-electron chi connectivity index (χ3n) is 21.1. The van der Waals surface area contributed by atoms with Crippen LogP contribution >= 0.6 is 0 Å². The highest BCUT2D eigenvalue weighted by atomic mass is 16.4. The van der Waals surface area contributed by atoms with E-state index in [-0.39, 0.29) is 0 Å². The number of hydrogen-bond donors (Lipinski definition) is 0. The molecule has 2 aliphatic carbocycles. The molecule has 0 fully saturated rings. The molecule has 20 rings (SSSR count). The van der Waals surface area contributed by atoms with Gasteiger partial charge in [-0.25, -0.2) is 19.9 Å². The van der Waals surface area contributed by atoms with E-state index in [1.54, 1.807) is 0 Å². The van der Waals surface area contributed by atoms with Gasteiger partial charge in [0, 0.05) is 56.4 Å². The lowest BCUT2D eigenvalue weighted by Crippen LogP contribution is -2.28. The van der Waals surface area contributed by atoms with E-state index in [9.17, 15) is 0 Å². The van der Waals surface area contributed by atoms with Crippen LogP contribution < -0.4 is 9.80 Å². The number of benzene rings is 15. The van der Waals surface area contributed by atoms with E-state index in [1.165, 1.54) is 66.8 Å². The third kappa shape index (κ3) is 9.68. The topological polar surface area (TPSA) is 84.3 Å². The number of hydrogen-bond acceptors (Lipinski definition) is 8. The van der Waals surface area contributed by atoms with Crippen LogP contribution in [0.4, 0.5) is 34.1 Å². The first-order valence-corrected chi connectivity index (χ1v) is 35.2. The second kappa shape index (κ2) is 24.5. The monoisotopic (exact) mass is 1330 g/mol. The van der Waals surface area contributed by atoms with E-state index in [2.05, 4.69) is 313 Å². The number of rotatable bonds is 14. The molecule has 488 valence electrons. The number of para-hydroxylation sites is 6. The molecule has 8 nitrogen and oxygen atoms in total. The lowest BCUT2D eigenvalue weighted by Gasteiger charge is -2.35. The van der Waals surface area contributed by atoms with Crippen molar-refractivity contribution in [2.75, 3.05) is 9.80 Å². The fraction of sp³-hybridized carbons (Fsp3) is 0.0208. The summed E-state index contributed by atoms with van der Waals surface area (Å²) in [5, 5.41) is 0. The first kappa shape index (κ1) is 60.2. The predicted molar refractivity (Wildman–Crippen MR) is 420 cm³/mol. The molecule has 0 saturated carbocycles. The van der Waals surface area contributed by atoms with Crippen LogP contribution in [-0.2, 0) is 10.8 Å². The quantitative estimate of drug-likeness (QED) is 0.106. The Morgan fingerprint density at radius 2 is 0.490 bits per heavy atom.